The van der Waals surface area contributed by atoms with Crippen LogP contribution in [0.15, 0.2) is 42.5 Å². The lowest BCUT2D eigenvalue weighted by molar-refractivity contribution is 0.174. The van der Waals surface area contributed by atoms with Gasteiger partial charge in [0.2, 0.25) is 0 Å². The number of nitrogens with zero attached hydrogens (tertiary/aromatic N) is 2. The number of para-hydroxylation sites is 2. The molecular formula is C21H26N2O2. The van der Waals surface area contributed by atoms with Crippen LogP contribution < -0.4 is 4.74 Å². The average Bonchev–Trinajstić information content (AvgIpc) is 2.92. The van der Waals surface area contributed by atoms with Crippen molar-refractivity contribution >= 4 is 11.0 Å². The van der Waals surface area contributed by atoms with Crippen molar-refractivity contribution in [3.63, 3.8) is 0 Å². The van der Waals surface area contributed by atoms with Gasteiger partial charge in [-0.3, -0.25) is 0 Å². The lowest BCUT2D eigenvalue weighted by Crippen LogP contribution is -2.07. The highest BCUT2D eigenvalue weighted by molar-refractivity contribution is 5.75. The molecule has 0 aliphatic heterocycles. The summed E-state index contributed by atoms with van der Waals surface area (Å²) in [6.45, 7) is 6.39. The van der Waals surface area contributed by atoms with Gasteiger partial charge >= 0.3 is 0 Å². The minimum atomic E-state index is 0.535. The Bertz CT molecular complexity index is 819. The van der Waals surface area contributed by atoms with Crippen LogP contribution in [-0.2, 0) is 17.9 Å². The number of imidazole rings is 1. The summed E-state index contributed by atoms with van der Waals surface area (Å²) in [7, 11) is 1.71. The summed E-state index contributed by atoms with van der Waals surface area (Å²) < 4.78 is 13.5. The van der Waals surface area contributed by atoms with Crippen LogP contribution in [0, 0.1) is 13.8 Å². The third-order valence-corrected chi connectivity index (χ3v) is 4.25. The maximum absolute atomic E-state index is 5.90. The van der Waals surface area contributed by atoms with E-state index in [0.29, 0.717) is 6.61 Å². The summed E-state index contributed by atoms with van der Waals surface area (Å²) in [5.74, 6) is 1.95. The van der Waals surface area contributed by atoms with E-state index in [-0.39, 0.29) is 0 Å². The van der Waals surface area contributed by atoms with E-state index in [1.807, 2.05) is 12.1 Å². The molecule has 0 unspecified atom stereocenters. The third-order valence-electron chi connectivity index (χ3n) is 4.25. The largest absolute Gasteiger partial charge is 0.494 e. The van der Waals surface area contributed by atoms with Gasteiger partial charge in [0.05, 0.1) is 17.6 Å². The molecular weight excluding hydrogens is 312 g/mol. The molecule has 0 radical (unpaired) electrons. The molecule has 4 heteroatoms. The van der Waals surface area contributed by atoms with E-state index in [4.69, 9.17) is 9.47 Å². The van der Waals surface area contributed by atoms with Crippen molar-refractivity contribution in [3.8, 4) is 5.75 Å². The van der Waals surface area contributed by atoms with Gasteiger partial charge < -0.3 is 14.0 Å². The predicted molar refractivity (Wildman–Crippen MR) is 101 cm³/mol. The second-order valence-electron chi connectivity index (χ2n) is 6.48. The first-order chi connectivity index (χ1) is 12.2. The van der Waals surface area contributed by atoms with Gasteiger partial charge in [-0.25, -0.2) is 4.98 Å². The van der Waals surface area contributed by atoms with E-state index >= 15 is 0 Å². The number of unbranched alkanes of at least 4 members (excludes halogenated alkanes) is 1. The maximum atomic E-state index is 5.90. The van der Waals surface area contributed by atoms with Gasteiger partial charge in [-0.05, 0) is 62.1 Å². The fourth-order valence-electron chi connectivity index (χ4n) is 3.19. The Kier molecular flexibility index (Phi) is 5.71. The molecule has 3 aromatic rings. The minimum absolute atomic E-state index is 0.535. The van der Waals surface area contributed by atoms with Gasteiger partial charge in [0.25, 0.3) is 0 Å². The molecule has 0 bridgehead atoms. The summed E-state index contributed by atoms with van der Waals surface area (Å²) in [5, 5.41) is 0. The predicted octanol–water partition coefficient (Wildman–Crippen LogP) is 4.66. The van der Waals surface area contributed by atoms with Crippen molar-refractivity contribution in [3.05, 3.63) is 59.4 Å². The highest BCUT2D eigenvalue weighted by atomic mass is 16.5. The number of ether oxygens (including phenoxy) is 2. The van der Waals surface area contributed by atoms with Crippen molar-refractivity contribution < 1.29 is 9.47 Å². The zero-order chi connectivity index (χ0) is 17.6. The van der Waals surface area contributed by atoms with Crippen LogP contribution in [0.4, 0.5) is 0 Å². The average molecular weight is 338 g/mol. The first-order valence-corrected chi connectivity index (χ1v) is 8.81. The molecule has 0 fully saturated rings. The van der Waals surface area contributed by atoms with Crippen LogP contribution in [0.1, 0.15) is 29.8 Å². The Labute approximate surface area is 149 Å². The quantitative estimate of drug-likeness (QED) is 0.561. The van der Waals surface area contributed by atoms with Crippen molar-refractivity contribution in [2.75, 3.05) is 13.7 Å². The maximum Gasteiger partial charge on any atom is 0.135 e. The lowest BCUT2D eigenvalue weighted by atomic mass is 10.1. The van der Waals surface area contributed by atoms with Crippen molar-refractivity contribution in [2.24, 2.45) is 0 Å². The van der Waals surface area contributed by atoms with E-state index in [1.54, 1.807) is 7.11 Å². The van der Waals surface area contributed by atoms with Crippen LogP contribution in [0.25, 0.3) is 11.0 Å². The highest BCUT2D eigenvalue weighted by Crippen LogP contribution is 2.19. The normalized spacial score (nSPS) is 11.2. The topological polar surface area (TPSA) is 36.3 Å². The number of aromatic nitrogens is 2. The Morgan fingerprint density at radius 2 is 1.76 bits per heavy atom. The summed E-state index contributed by atoms with van der Waals surface area (Å²) in [6, 6.07) is 14.6. The summed E-state index contributed by atoms with van der Waals surface area (Å²) >= 11 is 0. The van der Waals surface area contributed by atoms with Crippen molar-refractivity contribution in [1.82, 2.24) is 9.55 Å². The number of methoxy groups -OCH3 is 1. The van der Waals surface area contributed by atoms with Crippen molar-refractivity contribution in [2.45, 2.75) is 39.8 Å². The number of hydrogen-bond donors (Lipinski definition) is 0. The number of fused-ring (bicyclic) bond motifs is 1. The smallest absolute Gasteiger partial charge is 0.135 e. The van der Waals surface area contributed by atoms with Crippen LogP contribution in [0.5, 0.6) is 5.75 Å². The molecule has 3 rings (SSSR count). The first-order valence-electron chi connectivity index (χ1n) is 8.81. The summed E-state index contributed by atoms with van der Waals surface area (Å²) in [5.41, 5.74) is 4.68. The summed E-state index contributed by atoms with van der Waals surface area (Å²) in [6.07, 6.45) is 2.05. The second-order valence-corrected chi connectivity index (χ2v) is 6.48. The minimum Gasteiger partial charge on any atom is -0.494 e. The fourth-order valence-corrected chi connectivity index (χ4v) is 3.19. The SMILES string of the molecule is COCc1nc2ccccc2n1CCCCOc1cc(C)cc(C)c1. The zero-order valence-electron chi connectivity index (χ0n) is 15.3. The van der Waals surface area contributed by atoms with Gasteiger partial charge in [-0.15, -0.1) is 0 Å². The van der Waals surface area contributed by atoms with Crippen LogP contribution in [0.2, 0.25) is 0 Å². The molecule has 0 atom stereocenters. The Morgan fingerprint density at radius 1 is 1.00 bits per heavy atom. The van der Waals surface area contributed by atoms with Crippen LogP contribution in [-0.4, -0.2) is 23.3 Å². The molecule has 132 valence electrons. The molecule has 1 aromatic heterocycles. The zero-order valence-corrected chi connectivity index (χ0v) is 15.3. The standard InChI is InChI=1S/C21H26N2O2/c1-16-12-17(2)14-18(13-16)25-11-7-6-10-23-20-9-5-4-8-19(20)22-21(23)15-24-3/h4-5,8-9,12-14H,6-7,10-11,15H2,1-3H3. The van der Waals surface area contributed by atoms with Crippen molar-refractivity contribution in [1.29, 1.82) is 0 Å². The van der Waals surface area contributed by atoms with Gasteiger partial charge in [0, 0.05) is 13.7 Å². The fraction of sp³-hybridized carbons (Fsp3) is 0.381. The molecule has 4 nitrogen and oxygen atoms in total. The molecule has 1 heterocycles. The van der Waals surface area contributed by atoms with Gasteiger partial charge in [0.1, 0.15) is 18.2 Å². The Hall–Kier alpha value is -2.33. The molecule has 0 amide bonds. The molecule has 0 aliphatic rings. The van der Waals surface area contributed by atoms with E-state index in [9.17, 15) is 0 Å². The van der Waals surface area contributed by atoms with E-state index < -0.39 is 0 Å². The number of hydrogen-bond acceptors (Lipinski definition) is 3. The third kappa shape index (κ3) is 4.40. The lowest BCUT2D eigenvalue weighted by Gasteiger charge is -2.10. The van der Waals surface area contributed by atoms with Gasteiger partial charge in [-0.2, -0.15) is 0 Å². The molecule has 2 aromatic carbocycles. The molecule has 0 N–H and O–H groups in total. The number of rotatable bonds is 8. The Balaban J connectivity index is 1.57. The summed E-state index contributed by atoms with van der Waals surface area (Å²) in [4.78, 5) is 4.68. The number of aryl methyl sites for hydroxylation is 3. The van der Waals surface area contributed by atoms with Gasteiger partial charge in [-0.1, -0.05) is 18.2 Å². The van der Waals surface area contributed by atoms with E-state index in [1.165, 1.54) is 16.6 Å². The first kappa shape index (κ1) is 17.5. The van der Waals surface area contributed by atoms with Gasteiger partial charge in [0.15, 0.2) is 0 Å². The van der Waals surface area contributed by atoms with E-state index in [0.717, 1.165) is 43.1 Å². The van der Waals surface area contributed by atoms with Crippen LogP contribution in [0.3, 0.4) is 0 Å². The van der Waals surface area contributed by atoms with E-state index in [2.05, 4.69) is 53.7 Å². The molecule has 0 spiro atoms. The second kappa shape index (κ2) is 8.17. The Morgan fingerprint density at radius 3 is 2.52 bits per heavy atom. The number of benzene rings is 2. The molecule has 25 heavy (non-hydrogen) atoms. The molecule has 0 saturated carbocycles. The molecule has 0 saturated heterocycles. The molecule has 0 aliphatic carbocycles. The highest BCUT2D eigenvalue weighted by Gasteiger charge is 2.09. The van der Waals surface area contributed by atoms with Crippen LogP contribution >= 0.6 is 0 Å². The monoisotopic (exact) mass is 338 g/mol.